The first kappa shape index (κ1) is 13.1. The van der Waals surface area contributed by atoms with Gasteiger partial charge in [-0.2, -0.15) is 0 Å². The largest absolute Gasteiger partial charge is 0.398 e. The van der Waals surface area contributed by atoms with Crippen molar-refractivity contribution in [2.75, 3.05) is 5.73 Å². The van der Waals surface area contributed by atoms with Crippen LogP contribution in [0.4, 0.5) is 5.69 Å². The quantitative estimate of drug-likeness (QED) is 0.665. The van der Waals surface area contributed by atoms with Crippen LogP contribution in [0.5, 0.6) is 0 Å². The lowest BCUT2D eigenvalue weighted by Gasteiger charge is -2.07. The standard InChI is InChI=1S/C14H11ClN2O2/c15-11-6-5-8(7-12(11)16)13(18)9-3-1-2-4-10(9)14(17)19/h1-7H,16H2,(H2,17,19). The van der Waals surface area contributed by atoms with Crippen LogP contribution in [-0.2, 0) is 0 Å². The monoisotopic (exact) mass is 274 g/mol. The molecule has 2 aromatic rings. The number of carbonyl (C=O) groups is 2. The molecule has 96 valence electrons. The van der Waals surface area contributed by atoms with Crippen molar-refractivity contribution in [3.63, 3.8) is 0 Å². The predicted octanol–water partition coefficient (Wildman–Crippen LogP) is 2.25. The molecule has 0 aliphatic heterocycles. The van der Waals surface area contributed by atoms with Gasteiger partial charge in [0.25, 0.3) is 0 Å². The Morgan fingerprint density at radius 2 is 1.63 bits per heavy atom. The molecule has 2 aromatic carbocycles. The summed E-state index contributed by atoms with van der Waals surface area (Å²) in [6.07, 6.45) is 0. The minimum Gasteiger partial charge on any atom is -0.398 e. The zero-order valence-corrected chi connectivity index (χ0v) is 10.6. The molecule has 2 rings (SSSR count). The van der Waals surface area contributed by atoms with Crippen LogP contribution >= 0.6 is 11.6 Å². The third kappa shape index (κ3) is 2.58. The maximum atomic E-state index is 12.3. The predicted molar refractivity (Wildman–Crippen MR) is 74.3 cm³/mol. The van der Waals surface area contributed by atoms with Gasteiger partial charge in [-0.3, -0.25) is 9.59 Å². The van der Waals surface area contributed by atoms with Crippen molar-refractivity contribution in [1.82, 2.24) is 0 Å². The van der Waals surface area contributed by atoms with Gasteiger partial charge in [-0.15, -0.1) is 0 Å². The Labute approximate surface area is 115 Å². The summed E-state index contributed by atoms with van der Waals surface area (Å²) in [5.41, 5.74) is 12.0. The highest BCUT2D eigenvalue weighted by atomic mass is 35.5. The number of ketones is 1. The van der Waals surface area contributed by atoms with E-state index in [1.54, 1.807) is 24.3 Å². The maximum Gasteiger partial charge on any atom is 0.249 e. The van der Waals surface area contributed by atoms with E-state index in [1.807, 2.05) is 0 Å². The number of hydrogen-bond donors (Lipinski definition) is 2. The zero-order valence-electron chi connectivity index (χ0n) is 9.89. The van der Waals surface area contributed by atoms with Crippen molar-refractivity contribution >= 4 is 29.0 Å². The summed E-state index contributed by atoms with van der Waals surface area (Å²) < 4.78 is 0. The molecule has 0 radical (unpaired) electrons. The van der Waals surface area contributed by atoms with Crippen molar-refractivity contribution in [1.29, 1.82) is 0 Å². The van der Waals surface area contributed by atoms with E-state index in [-0.39, 0.29) is 16.9 Å². The smallest absolute Gasteiger partial charge is 0.249 e. The number of primary amides is 1. The lowest BCUT2D eigenvalue weighted by atomic mass is 9.98. The first-order chi connectivity index (χ1) is 9.00. The Bertz CT molecular complexity index is 668. The van der Waals surface area contributed by atoms with Crippen molar-refractivity contribution in [2.24, 2.45) is 5.73 Å². The van der Waals surface area contributed by atoms with Crippen LogP contribution in [0, 0.1) is 0 Å². The summed E-state index contributed by atoms with van der Waals surface area (Å²) >= 11 is 5.80. The van der Waals surface area contributed by atoms with Gasteiger partial charge in [-0.1, -0.05) is 29.8 Å². The van der Waals surface area contributed by atoms with Crippen LogP contribution in [0.15, 0.2) is 42.5 Å². The fraction of sp³-hybridized carbons (Fsp3) is 0. The summed E-state index contributed by atoms with van der Waals surface area (Å²) in [6, 6.07) is 10.9. The molecule has 0 atom stereocenters. The summed E-state index contributed by atoms with van der Waals surface area (Å²) in [5.74, 6) is -0.969. The second-order valence-corrected chi connectivity index (χ2v) is 4.38. The third-order valence-electron chi connectivity index (χ3n) is 2.70. The molecule has 4 N–H and O–H groups in total. The Morgan fingerprint density at radius 1 is 1.00 bits per heavy atom. The van der Waals surface area contributed by atoms with E-state index in [1.165, 1.54) is 18.2 Å². The molecule has 1 amide bonds. The molecule has 0 saturated heterocycles. The van der Waals surface area contributed by atoms with Gasteiger partial charge in [-0.25, -0.2) is 0 Å². The van der Waals surface area contributed by atoms with E-state index in [2.05, 4.69) is 0 Å². The van der Waals surface area contributed by atoms with Crippen molar-refractivity contribution in [2.45, 2.75) is 0 Å². The highest BCUT2D eigenvalue weighted by Gasteiger charge is 2.16. The minimum atomic E-state index is -0.647. The molecule has 0 aromatic heterocycles. The average Bonchev–Trinajstić information content (AvgIpc) is 2.41. The molecule has 0 spiro atoms. The van der Waals surface area contributed by atoms with E-state index in [4.69, 9.17) is 23.1 Å². The number of nitrogen functional groups attached to an aromatic ring is 1. The van der Waals surface area contributed by atoms with Crippen molar-refractivity contribution in [3.05, 3.63) is 64.2 Å². The van der Waals surface area contributed by atoms with E-state index in [9.17, 15) is 9.59 Å². The Hall–Kier alpha value is -2.33. The summed E-state index contributed by atoms with van der Waals surface area (Å²) in [7, 11) is 0. The molecular formula is C14H11ClN2O2. The van der Waals surface area contributed by atoms with E-state index >= 15 is 0 Å². The van der Waals surface area contributed by atoms with Gasteiger partial charge in [0.05, 0.1) is 16.3 Å². The summed E-state index contributed by atoms with van der Waals surface area (Å²) in [6.45, 7) is 0. The molecule has 0 aliphatic carbocycles. The van der Waals surface area contributed by atoms with E-state index < -0.39 is 5.91 Å². The summed E-state index contributed by atoms with van der Waals surface area (Å²) in [5, 5.41) is 0.375. The number of nitrogens with two attached hydrogens (primary N) is 2. The second-order valence-electron chi connectivity index (χ2n) is 3.98. The normalized spacial score (nSPS) is 10.2. The second kappa shape index (κ2) is 5.12. The van der Waals surface area contributed by atoms with Crippen LogP contribution in [0.3, 0.4) is 0 Å². The van der Waals surface area contributed by atoms with Gasteiger partial charge in [0, 0.05) is 11.1 Å². The average molecular weight is 275 g/mol. The van der Waals surface area contributed by atoms with Gasteiger partial charge >= 0.3 is 0 Å². The molecule has 19 heavy (non-hydrogen) atoms. The van der Waals surface area contributed by atoms with Crippen molar-refractivity contribution < 1.29 is 9.59 Å². The molecule has 0 heterocycles. The highest BCUT2D eigenvalue weighted by Crippen LogP contribution is 2.22. The fourth-order valence-corrected chi connectivity index (χ4v) is 1.85. The zero-order chi connectivity index (χ0) is 14.0. The number of hydrogen-bond acceptors (Lipinski definition) is 3. The summed E-state index contributed by atoms with van der Waals surface area (Å²) in [4.78, 5) is 23.6. The Morgan fingerprint density at radius 3 is 2.21 bits per heavy atom. The number of benzene rings is 2. The Balaban J connectivity index is 2.50. The van der Waals surface area contributed by atoms with Crippen LogP contribution in [0.2, 0.25) is 5.02 Å². The molecular weight excluding hydrogens is 264 g/mol. The molecule has 0 unspecified atom stereocenters. The van der Waals surface area contributed by atoms with Crippen LogP contribution in [-0.4, -0.2) is 11.7 Å². The molecule has 0 bridgehead atoms. The molecule has 0 aliphatic rings. The molecule has 4 nitrogen and oxygen atoms in total. The van der Waals surface area contributed by atoms with Gasteiger partial charge < -0.3 is 11.5 Å². The highest BCUT2D eigenvalue weighted by molar-refractivity contribution is 6.33. The van der Waals surface area contributed by atoms with E-state index in [0.717, 1.165) is 0 Å². The van der Waals surface area contributed by atoms with Gasteiger partial charge in [0.15, 0.2) is 5.78 Å². The SMILES string of the molecule is NC(=O)c1ccccc1C(=O)c1ccc(Cl)c(N)c1. The first-order valence-corrected chi connectivity index (χ1v) is 5.87. The van der Waals surface area contributed by atoms with Gasteiger partial charge in [0.1, 0.15) is 0 Å². The fourth-order valence-electron chi connectivity index (χ4n) is 1.74. The molecule has 0 fully saturated rings. The number of halogens is 1. The maximum absolute atomic E-state index is 12.3. The molecule has 5 heteroatoms. The number of rotatable bonds is 3. The van der Waals surface area contributed by atoms with Crippen LogP contribution in [0.25, 0.3) is 0 Å². The van der Waals surface area contributed by atoms with Crippen molar-refractivity contribution in [3.8, 4) is 0 Å². The van der Waals surface area contributed by atoms with E-state index in [0.29, 0.717) is 16.3 Å². The number of amides is 1. The topological polar surface area (TPSA) is 86.2 Å². The molecule has 0 saturated carbocycles. The minimum absolute atomic E-state index is 0.182. The van der Waals surface area contributed by atoms with Gasteiger partial charge in [0.2, 0.25) is 5.91 Å². The lowest BCUT2D eigenvalue weighted by molar-refractivity contribution is 0.0981. The van der Waals surface area contributed by atoms with Gasteiger partial charge in [-0.05, 0) is 24.3 Å². The first-order valence-electron chi connectivity index (χ1n) is 5.49. The third-order valence-corrected chi connectivity index (χ3v) is 3.04. The Kier molecular flexibility index (Phi) is 3.53. The van der Waals surface area contributed by atoms with Crippen LogP contribution in [0.1, 0.15) is 26.3 Å². The number of carbonyl (C=O) groups excluding carboxylic acids is 2. The lowest BCUT2D eigenvalue weighted by Crippen LogP contribution is -2.16. The number of anilines is 1. The van der Waals surface area contributed by atoms with Crippen LogP contribution < -0.4 is 11.5 Å².